The smallest absolute Gasteiger partial charge is 0.339 e. The van der Waals surface area contributed by atoms with Crippen molar-refractivity contribution in [2.45, 2.75) is 27.3 Å². The van der Waals surface area contributed by atoms with E-state index in [4.69, 9.17) is 9.52 Å². The fraction of sp³-hybridized carbons (Fsp3) is 0.400. The van der Waals surface area contributed by atoms with Crippen LogP contribution < -0.4 is 0 Å². The fourth-order valence-corrected chi connectivity index (χ4v) is 1.69. The van der Waals surface area contributed by atoms with Crippen molar-refractivity contribution in [3.8, 4) is 0 Å². The van der Waals surface area contributed by atoms with E-state index in [9.17, 15) is 4.79 Å². The maximum Gasteiger partial charge on any atom is 0.339 e. The molecule has 1 N–H and O–H groups in total. The van der Waals surface area contributed by atoms with Gasteiger partial charge in [0.25, 0.3) is 0 Å². The summed E-state index contributed by atoms with van der Waals surface area (Å²) in [4.78, 5) is 11.0. The average Bonchev–Trinajstić information content (AvgIpc) is 2.73. The maximum atomic E-state index is 11.0. The summed E-state index contributed by atoms with van der Waals surface area (Å²) in [5.74, 6) is -0.0991. The van der Waals surface area contributed by atoms with Crippen molar-refractivity contribution in [3.05, 3.63) is 28.7 Å². The molecule has 0 amide bonds. The molecule has 0 bridgehead atoms. The van der Waals surface area contributed by atoms with Gasteiger partial charge in [0.15, 0.2) is 0 Å². The Morgan fingerprint density at radius 2 is 2.06 bits per heavy atom. The zero-order valence-electron chi connectivity index (χ0n) is 9.76. The van der Waals surface area contributed by atoms with Crippen LogP contribution in [0.4, 0.5) is 0 Å². The minimum atomic E-state index is -0.979. The second kappa shape index (κ2) is 4.00. The van der Waals surface area contributed by atoms with Crippen molar-refractivity contribution in [2.75, 3.05) is 0 Å². The van der Waals surface area contributed by atoms with Gasteiger partial charge in [-0.25, -0.2) is 4.79 Å². The fourth-order valence-electron chi connectivity index (χ4n) is 1.69. The third-order valence-corrected chi connectivity index (χ3v) is 2.45. The number of aromatic carboxylic acids is 1. The molecule has 0 spiro atoms. The van der Waals surface area contributed by atoms with Crippen molar-refractivity contribution in [1.29, 1.82) is 0 Å². The first-order chi connectivity index (χ1) is 7.99. The molecule has 0 aliphatic heterocycles. The molecule has 0 aliphatic carbocycles. The van der Waals surface area contributed by atoms with Gasteiger partial charge in [-0.05, 0) is 13.8 Å². The number of rotatable bonds is 3. The molecule has 0 saturated carbocycles. The average molecular weight is 236 g/mol. The molecule has 0 atom stereocenters. The first kappa shape index (κ1) is 11.3. The predicted octanol–water partition coefficient (Wildman–Crippen LogP) is 0.938. The molecule has 2 aromatic heterocycles. The van der Waals surface area contributed by atoms with Crippen LogP contribution in [0.25, 0.3) is 0 Å². The minimum Gasteiger partial charge on any atom is -0.478 e. The van der Waals surface area contributed by atoms with Gasteiger partial charge in [-0.3, -0.25) is 4.68 Å². The highest BCUT2D eigenvalue weighted by Gasteiger charge is 2.18. The highest BCUT2D eigenvalue weighted by atomic mass is 16.4. The Balaban J connectivity index is 2.34. The van der Waals surface area contributed by atoms with Crippen molar-refractivity contribution in [3.63, 3.8) is 0 Å². The number of aromatic nitrogens is 4. The zero-order chi connectivity index (χ0) is 12.6. The number of nitrogens with zero attached hydrogens (tertiary/aromatic N) is 4. The molecule has 7 heteroatoms. The third-order valence-electron chi connectivity index (χ3n) is 2.45. The molecule has 90 valence electrons. The van der Waals surface area contributed by atoms with Crippen LogP contribution in [0, 0.1) is 20.8 Å². The highest BCUT2D eigenvalue weighted by molar-refractivity contribution is 5.90. The number of carbonyl (C=O) groups is 1. The van der Waals surface area contributed by atoms with E-state index in [-0.39, 0.29) is 12.1 Å². The van der Waals surface area contributed by atoms with Gasteiger partial charge in [-0.15, -0.1) is 10.2 Å². The molecular formula is C10H12N4O3. The van der Waals surface area contributed by atoms with Gasteiger partial charge in [0.05, 0.1) is 11.4 Å². The molecule has 2 rings (SSSR count). The molecule has 0 aliphatic rings. The Hall–Kier alpha value is -2.18. The topological polar surface area (TPSA) is 94.0 Å². The summed E-state index contributed by atoms with van der Waals surface area (Å²) in [6.07, 6.45) is 0. The van der Waals surface area contributed by atoms with Crippen LogP contribution in [0.1, 0.15) is 33.5 Å². The molecular weight excluding hydrogens is 224 g/mol. The number of hydrogen-bond acceptors (Lipinski definition) is 5. The number of aryl methyl sites for hydroxylation is 2. The Morgan fingerprint density at radius 3 is 2.53 bits per heavy atom. The Labute approximate surface area is 97.1 Å². The molecule has 17 heavy (non-hydrogen) atoms. The SMILES string of the molecule is Cc1nnc(Cn2nc(C)c(C(=O)O)c2C)o1. The lowest BCUT2D eigenvalue weighted by Gasteiger charge is -1.99. The lowest BCUT2D eigenvalue weighted by atomic mass is 10.2. The normalized spacial score (nSPS) is 10.8. The molecule has 2 heterocycles. The van der Waals surface area contributed by atoms with E-state index in [1.165, 1.54) is 0 Å². The van der Waals surface area contributed by atoms with E-state index in [0.717, 1.165) is 0 Å². The van der Waals surface area contributed by atoms with Gasteiger partial charge >= 0.3 is 5.97 Å². The Morgan fingerprint density at radius 1 is 1.35 bits per heavy atom. The summed E-state index contributed by atoms with van der Waals surface area (Å²) in [5, 5.41) is 20.7. The lowest BCUT2D eigenvalue weighted by Crippen LogP contribution is -2.06. The predicted molar refractivity (Wildman–Crippen MR) is 56.8 cm³/mol. The minimum absolute atomic E-state index is 0.223. The summed E-state index contributed by atoms with van der Waals surface area (Å²) >= 11 is 0. The van der Waals surface area contributed by atoms with Crippen LogP contribution in [-0.4, -0.2) is 31.1 Å². The molecule has 0 unspecified atom stereocenters. The molecule has 7 nitrogen and oxygen atoms in total. The summed E-state index contributed by atoms with van der Waals surface area (Å²) in [6.45, 7) is 5.33. The number of carboxylic acid groups (broad SMARTS) is 1. The summed E-state index contributed by atoms with van der Waals surface area (Å²) in [5.41, 5.74) is 1.28. The zero-order valence-corrected chi connectivity index (χ0v) is 9.76. The molecule has 0 aromatic carbocycles. The summed E-state index contributed by atoms with van der Waals surface area (Å²) in [7, 11) is 0. The Bertz CT molecular complexity index is 570. The standard InChI is InChI=1S/C10H12N4O3/c1-5-9(10(15)16)6(2)14(13-5)4-8-12-11-7(3)17-8/h4H2,1-3H3,(H,15,16). The van der Waals surface area contributed by atoms with Gasteiger partial charge in [0, 0.05) is 6.92 Å². The van der Waals surface area contributed by atoms with E-state index in [1.54, 1.807) is 25.5 Å². The van der Waals surface area contributed by atoms with E-state index < -0.39 is 5.97 Å². The largest absolute Gasteiger partial charge is 0.478 e. The van der Waals surface area contributed by atoms with Gasteiger partial charge in [-0.1, -0.05) is 0 Å². The van der Waals surface area contributed by atoms with Crippen LogP contribution in [0.5, 0.6) is 0 Å². The van der Waals surface area contributed by atoms with E-state index in [0.29, 0.717) is 23.2 Å². The first-order valence-corrected chi connectivity index (χ1v) is 5.05. The first-order valence-electron chi connectivity index (χ1n) is 5.05. The molecule has 0 saturated heterocycles. The van der Waals surface area contributed by atoms with Gasteiger partial charge < -0.3 is 9.52 Å². The van der Waals surface area contributed by atoms with Crippen LogP contribution in [0.15, 0.2) is 4.42 Å². The van der Waals surface area contributed by atoms with Crippen LogP contribution >= 0.6 is 0 Å². The second-order valence-electron chi connectivity index (χ2n) is 3.72. The number of carboxylic acids is 1. The van der Waals surface area contributed by atoms with Crippen molar-refractivity contribution < 1.29 is 14.3 Å². The molecule has 0 fully saturated rings. The van der Waals surface area contributed by atoms with Crippen molar-refractivity contribution in [2.24, 2.45) is 0 Å². The van der Waals surface area contributed by atoms with Crippen molar-refractivity contribution >= 4 is 5.97 Å². The molecule has 0 radical (unpaired) electrons. The molecule has 2 aromatic rings. The quantitative estimate of drug-likeness (QED) is 0.852. The van der Waals surface area contributed by atoms with Crippen LogP contribution in [-0.2, 0) is 6.54 Å². The summed E-state index contributed by atoms with van der Waals surface area (Å²) in [6, 6.07) is 0. The Kier molecular flexibility index (Phi) is 2.66. The lowest BCUT2D eigenvalue weighted by molar-refractivity contribution is 0.0695. The van der Waals surface area contributed by atoms with E-state index in [2.05, 4.69) is 15.3 Å². The van der Waals surface area contributed by atoms with Crippen LogP contribution in [0.3, 0.4) is 0 Å². The van der Waals surface area contributed by atoms with Gasteiger partial charge in [0.1, 0.15) is 12.1 Å². The van der Waals surface area contributed by atoms with E-state index in [1.807, 2.05) is 0 Å². The number of hydrogen-bond donors (Lipinski definition) is 1. The van der Waals surface area contributed by atoms with Crippen LogP contribution in [0.2, 0.25) is 0 Å². The van der Waals surface area contributed by atoms with E-state index >= 15 is 0 Å². The maximum absolute atomic E-state index is 11.0. The second-order valence-corrected chi connectivity index (χ2v) is 3.72. The van der Waals surface area contributed by atoms with Gasteiger partial charge in [-0.2, -0.15) is 5.10 Å². The third kappa shape index (κ3) is 2.03. The summed E-state index contributed by atoms with van der Waals surface area (Å²) < 4.78 is 6.77. The van der Waals surface area contributed by atoms with Gasteiger partial charge in [0.2, 0.25) is 11.8 Å². The highest BCUT2D eigenvalue weighted by Crippen LogP contribution is 2.14. The van der Waals surface area contributed by atoms with Crippen molar-refractivity contribution in [1.82, 2.24) is 20.0 Å². The monoisotopic (exact) mass is 236 g/mol.